The van der Waals surface area contributed by atoms with E-state index in [1.807, 2.05) is 34.1 Å². The van der Waals surface area contributed by atoms with Crippen molar-refractivity contribution in [1.82, 2.24) is 9.80 Å². The fraction of sp³-hybridized carbons (Fsp3) is 0.529. The van der Waals surface area contributed by atoms with Crippen LogP contribution in [0.4, 0.5) is 0 Å². The predicted molar refractivity (Wildman–Crippen MR) is 103 cm³/mol. The SMILES string of the molecule is O=C(CCCN(Cc1ccc(Cl)cc1)C(=S)S)N1CCCCC1. The topological polar surface area (TPSA) is 23.6 Å². The summed E-state index contributed by atoms with van der Waals surface area (Å²) in [4.78, 5) is 16.2. The Labute approximate surface area is 154 Å². The molecule has 1 aliphatic heterocycles. The number of benzene rings is 1. The monoisotopic (exact) mass is 370 g/mol. The molecule has 1 heterocycles. The van der Waals surface area contributed by atoms with Gasteiger partial charge in [0.2, 0.25) is 5.91 Å². The maximum absolute atomic E-state index is 12.2. The van der Waals surface area contributed by atoms with Crippen molar-refractivity contribution in [2.45, 2.75) is 38.6 Å². The summed E-state index contributed by atoms with van der Waals surface area (Å²) < 4.78 is 0.561. The Balaban J connectivity index is 1.79. The van der Waals surface area contributed by atoms with E-state index in [0.717, 1.165) is 49.5 Å². The number of thiol groups is 1. The van der Waals surface area contributed by atoms with Crippen molar-refractivity contribution < 1.29 is 4.79 Å². The Morgan fingerprint density at radius 3 is 2.48 bits per heavy atom. The largest absolute Gasteiger partial charge is 0.353 e. The maximum atomic E-state index is 12.2. The van der Waals surface area contributed by atoms with Crippen LogP contribution in [0.25, 0.3) is 0 Å². The highest BCUT2D eigenvalue weighted by Gasteiger charge is 2.16. The molecule has 1 aliphatic rings. The van der Waals surface area contributed by atoms with E-state index in [-0.39, 0.29) is 5.91 Å². The number of carbonyl (C=O) groups excluding carboxylic acids is 1. The van der Waals surface area contributed by atoms with Gasteiger partial charge in [0.1, 0.15) is 4.32 Å². The van der Waals surface area contributed by atoms with Gasteiger partial charge in [-0.25, -0.2) is 0 Å². The number of thiocarbonyl (C=S) groups is 1. The maximum Gasteiger partial charge on any atom is 0.222 e. The Hall–Kier alpha value is -0.780. The second kappa shape index (κ2) is 9.50. The number of piperidine rings is 1. The molecule has 3 nitrogen and oxygen atoms in total. The summed E-state index contributed by atoms with van der Waals surface area (Å²) in [6, 6.07) is 7.72. The van der Waals surface area contributed by atoms with Gasteiger partial charge < -0.3 is 9.80 Å². The minimum atomic E-state index is 0.265. The minimum absolute atomic E-state index is 0.265. The number of amides is 1. The molecule has 0 atom stereocenters. The van der Waals surface area contributed by atoms with E-state index < -0.39 is 0 Å². The minimum Gasteiger partial charge on any atom is -0.353 e. The molecule has 0 aromatic heterocycles. The van der Waals surface area contributed by atoms with Gasteiger partial charge in [-0.15, -0.1) is 12.6 Å². The van der Waals surface area contributed by atoms with Gasteiger partial charge in [0.15, 0.2) is 0 Å². The first kappa shape index (κ1) is 18.6. The molecule has 1 saturated heterocycles. The highest BCUT2D eigenvalue weighted by Crippen LogP contribution is 2.14. The molecule has 1 aromatic carbocycles. The second-order valence-electron chi connectivity index (χ2n) is 5.88. The van der Waals surface area contributed by atoms with Crippen LogP contribution in [0, 0.1) is 0 Å². The Morgan fingerprint density at radius 2 is 1.87 bits per heavy atom. The molecule has 1 aromatic rings. The van der Waals surface area contributed by atoms with Gasteiger partial charge in [-0.2, -0.15) is 0 Å². The lowest BCUT2D eigenvalue weighted by Gasteiger charge is -2.27. The molecule has 0 aliphatic carbocycles. The third-order valence-corrected chi connectivity index (χ3v) is 4.88. The smallest absolute Gasteiger partial charge is 0.222 e. The molecule has 0 bridgehead atoms. The van der Waals surface area contributed by atoms with Crippen LogP contribution >= 0.6 is 36.4 Å². The number of rotatable bonds is 6. The first-order chi connectivity index (χ1) is 11.1. The van der Waals surface area contributed by atoms with Crippen LogP contribution in [0.1, 0.15) is 37.7 Å². The fourth-order valence-corrected chi connectivity index (χ4v) is 3.23. The molecule has 0 spiro atoms. The lowest BCUT2D eigenvalue weighted by molar-refractivity contribution is -0.132. The van der Waals surface area contributed by atoms with Crippen molar-refractivity contribution in [3.8, 4) is 0 Å². The number of hydrogen-bond donors (Lipinski definition) is 1. The van der Waals surface area contributed by atoms with Crippen molar-refractivity contribution in [3.05, 3.63) is 34.9 Å². The van der Waals surface area contributed by atoms with Crippen molar-refractivity contribution in [3.63, 3.8) is 0 Å². The number of halogens is 1. The van der Waals surface area contributed by atoms with Crippen LogP contribution in [0.15, 0.2) is 24.3 Å². The molecule has 0 radical (unpaired) electrons. The normalized spacial score (nSPS) is 14.6. The molecule has 0 saturated carbocycles. The number of carbonyl (C=O) groups is 1. The van der Waals surface area contributed by atoms with Gasteiger partial charge in [-0.05, 0) is 43.4 Å². The molecule has 1 amide bonds. The fourth-order valence-electron chi connectivity index (χ4n) is 2.78. The van der Waals surface area contributed by atoms with E-state index in [1.54, 1.807) is 0 Å². The Kier molecular flexibility index (Phi) is 7.66. The first-order valence-electron chi connectivity index (χ1n) is 8.06. The van der Waals surface area contributed by atoms with Crippen LogP contribution in [0.3, 0.4) is 0 Å². The summed E-state index contributed by atoms with van der Waals surface area (Å²) in [6.45, 7) is 3.26. The average molecular weight is 371 g/mol. The van der Waals surface area contributed by atoms with Gasteiger partial charge in [-0.3, -0.25) is 4.79 Å². The molecule has 126 valence electrons. The van der Waals surface area contributed by atoms with Crippen molar-refractivity contribution >= 4 is 46.7 Å². The summed E-state index contributed by atoms with van der Waals surface area (Å²) in [7, 11) is 0. The second-order valence-corrected chi connectivity index (χ2v) is 7.42. The molecule has 0 N–H and O–H groups in total. The van der Waals surface area contributed by atoms with E-state index in [9.17, 15) is 4.79 Å². The zero-order chi connectivity index (χ0) is 16.7. The molecule has 6 heteroatoms. The third-order valence-electron chi connectivity index (χ3n) is 4.08. The molecular weight excluding hydrogens is 348 g/mol. The quantitative estimate of drug-likeness (QED) is 0.601. The number of nitrogens with zero attached hydrogens (tertiary/aromatic N) is 2. The van der Waals surface area contributed by atoms with Crippen LogP contribution in [0.5, 0.6) is 0 Å². The summed E-state index contributed by atoms with van der Waals surface area (Å²) in [5.74, 6) is 0.265. The molecular formula is C17H23ClN2OS2. The van der Waals surface area contributed by atoms with Crippen LogP contribution in [-0.2, 0) is 11.3 Å². The number of hydrogen-bond acceptors (Lipinski definition) is 2. The summed E-state index contributed by atoms with van der Waals surface area (Å²) in [5, 5.41) is 0.723. The van der Waals surface area contributed by atoms with Gasteiger partial charge in [0.25, 0.3) is 0 Å². The summed E-state index contributed by atoms with van der Waals surface area (Å²) in [5.41, 5.74) is 1.13. The number of likely N-dealkylation sites (tertiary alicyclic amines) is 1. The molecule has 2 rings (SSSR count). The lowest BCUT2D eigenvalue weighted by atomic mass is 10.1. The lowest BCUT2D eigenvalue weighted by Crippen LogP contribution is -2.36. The molecule has 0 unspecified atom stereocenters. The third kappa shape index (κ3) is 6.32. The van der Waals surface area contributed by atoms with Crippen molar-refractivity contribution in [1.29, 1.82) is 0 Å². The van der Waals surface area contributed by atoms with Crippen LogP contribution < -0.4 is 0 Å². The predicted octanol–water partition coefficient (Wildman–Crippen LogP) is 4.15. The Bertz CT molecular complexity index is 530. The van der Waals surface area contributed by atoms with E-state index in [0.29, 0.717) is 17.3 Å². The van der Waals surface area contributed by atoms with Gasteiger partial charge in [-0.1, -0.05) is 36.0 Å². The van der Waals surface area contributed by atoms with Gasteiger partial charge >= 0.3 is 0 Å². The van der Waals surface area contributed by atoms with Crippen molar-refractivity contribution in [2.24, 2.45) is 0 Å². The van der Waals surface area contributed by atoms with E-state index in [2.05, 4.69) is 12.6 Å². The van der Waals surface area contributed by atoms with Crippen molar-refractivity contribution in [2.75, 3.05) is 19.6 Å². The zero-order valence-corrected chi connectivity index (χ0v) is 15.7. The van der Waals surface area contributed by atoms with Crippen LogP contribution in [0.2, 0.25) is 5.02 Å². The van der Waals surface area contributed by atoms with Crippen LogP contribution in [-0.4, -0.2) is 39.7 Å². The molecule has 23 heavy (non-hydrogen) atoms. The summed E-state index contributed by atoms with van der Waals surface area (Å²) >= 11 is 15.4. The van der Waals surface area contributed by atoms with Gasteiger partial charge in [0, 0.05) is 37.6 Å². The first-order valence-corrected chi connectivity index (χ1v) is 9.29. The van der Waals surface area contributed by atoms with E-state index >= 15 is 0 Å². The standard InChI is InChI=1S/C17H23ClN2OS2/c18-15-8-6-14(7-9-15)13-20(17(22)23)12-4-5-16(21)19-10-2-1-3-11-19/h6-9H,1-5,10-13H2,(H,22,23). The van der Waals surface area contributed by atoms with E-state index in [1.165, 1.54) is 6.42 Å². The highest BCUT2D eigenvalue weighted by molar-refractivity contribution is 8.10. The Morgan fingerprint density at radius 1 is 1.22 bits per heavy atom. The zero-order valence-electron chi connectivity index (χ0n) is 13.2. The van der Waals surface area contributed by atoms with E-state index in [4.69, 9.17) is 23.8 Å². The molecule has 1 fully saturated rings. The van der Waals surface area contributed by atoms with Gasteiger partial charge in [0.05, 0.1) is 0 Å². The highest BCUT2D eigenvalue weighted by atomic mass is 35.5. The average Bonchev–Trinajstić information content (AvgIpc) is 2.56. The summed E-state index contributed by atoms with van der Waals surface area (Å²) in [6.07, 6.45) is 4.88.